The smallest absolute Gasteiger partial charge is 0.424 e. The van der Waals surface area contributed by atoms with Crippen LogP contribution in [0.2, 0.25) is 0 Å². The molecule has 0 radical (unpaired) electrons. The highest BCUT2D eigenvalue weighted by Crippen LogP contribution is 2.42. The number of amides is 2. The molecule has 0 aliphatic carbocycles. The third-order valence-corrected chi connectivity index (χ3v) is 5.38. The van der Waals surface area contributed by atoms with E-state index in [9.17, 15) is 32.3 Å². The summed E-state index contributed by atoms with van der Waals surface area (Å²) >= 11 is 0. The third-order valence-electron chi connectivity index (χ3n) is 5.38. The fourth-order valence-electron chi connectivity index (χ4n) is 3.56. The van der Waals surface area contributed by atoms with Gasteiger partial charge in [0.15, 0.2) is 0 Å². The van der Waals surface area contributed by atoms with Crippen LogP contribution in [0.4, 0.5) is 17.6 Å². The summed E-state index contributed by atoms with van der Waals surface area (Å²) in [6, 6.07) is 8.20. The Morgan fingerprint density at radius 3 is 2.38 bits per heavy atom. The number of rotatable bonds is 9. The number of aryl methyl sites for hydroxylation is 1. The summed E-state index contributed by atoms with van der Waals surface area (Å²) in [5, 5.41) is 13.0. The van der Waals surface area contributed by atoms with Gasteiger partial charge in [0, 0.05) is 28.6 Å². The van der Waals surface area contributed by atoms with E-state index in [4.69, 9.17) is 10.5 Å². The van der Waals surface area contributed by atoms with E-state index < -0.39 is 48.1 Å². The first-order valence-corrected chi connectivity index (χ1v) is 11.1. The zero-order chi connectivity index (χ0) is 27.4. The summed E-state index contributed by atoms with van der Waals surface area (Å²) in [7, 11) is 0. The van der Waals surface area contributed by atoms with Gasteiger partial charge in [-0.1, -0.05) is 0 Å². The topological polar surface area (TPSA) is 127 Å². The molecule has 0 aliphatic heterocycles. The molecule has 196 valence electrons. The summed E-state index contributed by atoms with van der Waals surface area (Å²) in [4.78, 5) is 32.2. The normalized spacial score (nSPS) is 13.1. The Hall–Kier alpha value is -4.06. The molecule has 2 aromatic heterocycles. The van der Waals surface area contributed by atoms with Gasteiger partial charge in [0.2, 0.25) is 11.5 Å². The first kappa shape index (κ1) is 27.5. The van der Waals surface area contributed by atoms with Crippen molar-refractivity contribution < 1.29 is 37.0 Å². The summed E-state index contributed by atoms with van der Waals surface area (Å²) in [6.45, 7) is 1.98. The zero-order valence-electron chi connectivity index (χ0n) is 19.9. The van der Waals surface area contributed by atoms with E-state index in [1.54, 1.807) is 13.8 Å². The Kier molecular flexibility index (Phi) is 8.12. The zero-order valence-corrected chi connectivity index (χ0v) is 19.9. The van der Waals surface area contributed by atoms with Gasteiger partial charge in [0.1, 0.15) is 17.3 Å². The monoisotopic (exact) mass is 520 g/mol. The van der Waals surface area contributed by atoms with Crippen molar-refractivity contribution in [3.8, 4) is 17.0 Å². The lowest BCUT2D eigenvalue weighted by atomic mass is 9.93. The van der Waals surface area contributed by atoms with Crippen molar-refractivity contribution in [1.29, 1.82) is 0 Å². The molecule has 37 heavy (non-hydrogen) atoms. The number of nitrogens with zero attached hydrogens (tertiary/aromatic N) is 2. The van der Waals surface area contributed by atoms with Crippen LogP contribution in [0.25, 0.3) is 11.3 Å². The number of aliphatic hydroxyl groups is 1. The van der Waals surface area contributed by atoms with Gasteiger partial charge in [-0.15, -0.1) is 0 Å². The molecule has 2 amide bonds. The minimum Gasteiger partial charge on any atom is -0.491 e. The molecule has 4 N–H and O–H groups in total. The van der Waals surface area contributed by atoms with E-state index in [0.29, 0.717) is 5.69 Å². The van der Waals surface area contributed by atoms with E-state index >= 15 is 0 Å². The first-order valence-electron chi connectivity index (χ1n) is 11.1. The number of nitrogens with one attached hydrogen (secondary N) is 1. The Labute approximate surface area is 209 Å². The summed E-state index contributed by atoms with van der Waals surface area (Å²) in [6.07, 6.45) is -4.52. The Morgan fingerprint density at radius 1 is 1.14 bits per heavy atom. The standard InChI is InChI=1S/C25H24F4N4O4/c1-3-37-22-17(12-20(30)34)11-19(33-21(22)15-4-6-18(26)7-5-15)24(36,25(27,28)29)13-32-23(35)16-8-9-31-14(2)10-16/h4-11,36H,3,12-13H2,1-2H3,(H2,30,34)(H,32,35)/t24-/m0/s1. The largest absolute Gasteiger partial charge is 0.491 e. The number of benzene rings is 1. The first-order chi connectivity index (χ1) is 17.4. The number of aromatic nitrogens is 2. The van der Waals surface area contributed by atoms with Crippen molar-refractivity contribution in [2.24, 2.45) is 5.73 Å². The maximum atomic E-state index is 14.3. The number of halogens is 4. The predicted molar refractivity (Wildman–Crippen MR) is 125 cm³/mol. The molecule has 8 nitrogen and oxygen atoms in total. The molecule has 0 aliphatic rings. The van der Waals surface area contributed by atoms with Gasteiger partial charge in [0.25, 0.3) is 5.91 Å². The Morgan fingerprint density at radius 2 is 1.81 bits per heavy atom. The Bertz CT molecular complexity index is 1300. The number of primary amides is 1. The molecule has 0 spiro atoms. The van der Waals surface area contributed by atoms with Crippen molar-refractivity contribution in [2.45, 2.75) is 32.0 Å². The van der Waals surface area contributed by atoms with Crippen LogP contribution in [0, 0.1) is 12.7 Å². The molecule has 1 atom stereocenters. The van der Waals surface area contributed by atoms with E-state index in [0.717, 1.165) is 18.2 Å². The molecule has 3 aromatic rings. The highest BCUT2D eigenvalue weighted by Gasteiger charge is 2.56. The fraction of sp³-hybridized carbons (Fsp3) is 0.280. The van der Waals surface area contributed by atoms with Crippen molar-refractivity contribution in [3.63, 3.8) is 0 Å². The van der Waals surface area contributed by atoms with Crippen LogP contribution >= 0.6 is 0 Å². The van der Waals surface area contributed by atoms with Gasteiger partial charge in [-0.05, 0) is 56.3 Å². The van der Waals surface area contributed by atoms with Gasteiger partial charge in [-0.2, -0.15) is 13.2 Å². The number of carbonyl (C=O) groups excluding carboxylic acids is 2. The summed E-state index contributed by atoms with van der Waals surface area (Å²) < 4.78 is 62.0. The number of alkyl halides is 3. The molecule has 12 heteroatoms. The predicted octanol–water partition coefficient (Wildman–Crippen LogP) is 3.20. The maximum absolute atomic E-state index is 14.3. The van der Waals surface area contributed by atoms with E-state index in [-0.39, 0.29) is 34.7 Å². The van der Waals surface area contributed by atoms with Crippen LogP contribution in [-0.4, -0.2) is 46.2 Å². The summed E-state index contributed by atoms with van der Waals surface area (Å²) in [5.74, 6) is -2.40. The van der Waals surface area contributed by atoms with Crippen LogP contribution in [0.1, 0.15) is 34.2 Å². The number of carbonyl (C=O) groups is 2. The van der Waals surface area contributed by atoms with Crippen molar-refractivity contribution in [2.75, 3.05) is 13.2 Å². The van der Waals surface area contributed by atoms with Crippen LogP contribution in [0.5, 0.6) is 5.75 Å². The molecular formula is C25H24F4N4O4. The second kappa shape index (κ2) is 10.9. The second-order valence-electron chi connectivity index (χ2n) is 8.15. The molecule has 0 unspecified atom stereocenters. The molecule has 0 saturated heterocycles. The van der Waals surface area contributed by atoms with Gasteiger partial charge in [-0.25, -0.2) is 9.37 Å². The quantitative estimate of drug-likeness (QED) is 0.372. The van der Waals surface area contributed by atoms with Gasteiger partial charge >= 0.3 is 6.18 Å². The number of nitrogens with two attached hydrogens (primary N) is 1. The molecule has 1 aromatic carbocycles. The molecule has 0 saturated carbocycles. The maximum Gasteiger partial charge on any atom is 0.424 e. The average Bonchev–Trinajstić information content (AvgIpc) is 2.82. The van der Waals surface area contributed by atoms with Crippen LogP contribution in [-0.2, 0) is 16.8 Å². The minimum atomic E-state index is -5.31. The van der Waals surface area contributed by atoms with Crippen LogP contribution in [0.15, 0.2) is 48.7 Å². The molecule has 3 rings (SSSR count). The Balaban J connectivity index is 2.16. The highest BCUT2D eigenvalue weighted by atomic mass is 19.4. The number of ether oxygens (including phenoxy) is 1. The summed E-state index contributed by atoms with van der Waals surface area (Å²) in [5.41, 5.74) is 1.15. The van der Waals surface area contributed by atoms with Crippen molar-refractivity contribution >= 4 is 11.8 Å². The van der Waals surface area contributed by atoms with E-state index in [1.807, 2.05) is 0 Å². The molecule has 0 fully saturated rings. The SMILES string of the molecule is CCOc1c(CC(N)=O)cc([C@@](O)(CNC(=O)c2ccnc(C)c2)C(F)(F)F)nc1-c1ccc(F)cc1. The van der Waals surface area contributed by atoms with Crippen LogP contribution in [0.3, 0.4) is 0 Å². The van der Waals surface area contributed by atoms with Gasteiger partial charge in [-0.3, -0.25) is 14.6 Å². The molecule has 0 bridgehead atoms. The van der Waals surface area contributed by atoms with Crippen molar-refractivity contribution in [1.82, 2.24) is 15.3 Å². The minimum absolute atomic E-state index is 0.0399. The highest BCUT2D eigenvalue weighted by molar-refractivity contribution is 5.94. The van der Waals surface area contributed by atoms with E-state index in [2.05, 4.69) is 15.3 Å². The lowest BCUT2D eigenvalue weighted by molar-refractivity contribution is -0.265. The molecule has 2 heterocycles. The molecular weight excluding hydrogens is 496 g/mol. The lowest BCUT2D eigenvalue weighted by Gasteiger charge is -2.31. The second-order valence-corrected chi connectivity index (χ2v) is 8.15. The van der Waals surface area contributed by atoms with Crippen molar-refractivity contribution in [3.05, 3.63) is 77.0 Å². The third kappa shape index (κ3) is 6.20. The number of hydrogen-bond acceptors (Lipinski definition) is 6. The van der Waals surface area contributed by atoms with Gasteiger partial charge in [0.05, 0.1) is 25.3 Å². The van der Waals surface area contributed by atoms with E-state index in [1.165, 1.54) is 30.5 Å². The number of hydrogen-bond donors (Lipinski definition) is 3. The lowest BCUT2D eigenvalue weighted by Crippen LogP contribution is -2.51. The number of pyridine rings is 2. The van der Waals surface area contributed by atoms with Crippen LogP contribution < -0.4 is 15.8 Å². The fourth-order valence-corrected chi connectivity index (χ4v) is 3.56. The average molecular weight is 520 g/mol. The van der Waals surface area contributed by atoms with Gasteiger partial charge < -0.3 is 20.9 Å².